The molecular formula is C18H21N5O2S. The first kappa shape index (κ1) is 18.1. The Morgan fingerprint density at radius 3 is 2.85 bits per heavy atom. The van der Waals surface area contributed by atoms with Gasteiger partial charge in [0, 0.05) is 5.69 Å². The summed E-state index contributed by atoms with van der Waals surface area (Å²) in [6.07, 6.45) is 2.55. The molecular weight excluding hydrogens is 350 g/mol. The summed E-state index contributed by atoms with van der Waals surface area (Å²) in [4.78, 5) is 12.3. The SMILES string of the molecule is CC[C@@H](C)c1ccccc1NC(=O)CSc1nnc(-c2ccco2)n1N. The second-order valence-electron chi connectivity index (χ2n) is 5.89. The van der Waals surface area contributed by atoms with E-state index in [0.717, 1.165) is 17.7 Å². The fourth-order valence-corrected chi connectivity index (χ4v) is 3.18. The van der Waals surface area contributed by atoms with Crippen LogP contribution >= 0.6 is 11.8 Å². The lowest BCUT2D eigenvalue weighted by molar-refractivity contribution is -0.113. The van der Waals surface area contributed by atoms with Crippen LogP contribution in [0.5, 0.6) is 0 Å². The lowest BCUT2D eigenvalue weighted by atomic mass is 9.97. The summed E-state index contributed by atoms with van der Waals surface area (Å²) in [7, 11) is 0. The molecule has 7 nitrogen and oxygen atoms in total. The number of thioether (sulfide) groups is 1. The van der Waals surface area contributed by atoms with Crippen LogP contribution in [-0.4, -0.2) is 26.5 Å². The third kappa shape index (κ3) is 3.91. The number of hydrogen-bond donors (Lipinski definition) is 2. The van der Waals surface area contributed by atoms with Gasteiger partial charge in [0.2, 0.25) is 16.9 Å². The molecule has 0 saturated heterocycles. The number of rotatable bonds is 7. The summed E-state index contributed by atoms with van der Waals surface area (Å²) < 4.78 is 6.60. The third-order valence-corrected chi connectivity index (χ3v) is 5.06. The van der Waals surface area contributed by atoms with Crippen LogP contribution in [0, 0.1) is 0 Å². The highest BCUT2D eigenvalue weighted by Gasteiger charge is 2.16. The monoisotopic (exact) mass is 371 g/mol. The highest BCUT2D eigenvalue weighted by Crippen LogP contribution is 2.27. The zero-order valence-corrected chi connectivity index (χ0v) is 15.5. The van der Waals surface area contributed by atoms with Gasteiger partial charge in [-0.25, -0.2) is 4.68 Å². The standard InChI is InChI=1S/C18H21N5O2S/c1-3-12(2)13-7-4-5-8-14(13)20-16(24)11-26-18-22-21-17(23(18)19)15-9-6-10-25-15/h4-10,12H,3,11,19H2,1-2H3,(H,20,24)/t12-/m1/s1. The first-order chi connectivity index (χ1) is 12.6. The Kier molecular flexibility index (Phi) is 5.62. The smallest absolute Gasteiger partial charge is 0.234 e. The minimum Gasteiger partial charge on any atom is -0.461 e. The fraction of sp³-hybridized carbons (Fsp3) is 0.278. The van der Waals surface area contributed by atoms with Crippen LogP contribution in [0.3, 0.4) is 0 Å². The van der Waals surface area contributed by atoms with Gasteiger partial charge in [-0.1, -0.05) is 43.8 Å². The predicted molar refractivity (Wildman–Crippen MR) is 102 cm³/mol. The number of nitrogens with one attached hydrogen (secondary N) is 1. The average molecular weight is 371 g/mol. The lowest BCUT2D eigenvalue weighted by Crippen LogP contribution is -2.17. The highest BCUT2D eigenvalue weighted by atomic mass is 32.2. The molecule has 1 aromatic carbocycles. The molecule has 0 spiro atoms. The highest BCUT2D eigenvalue weighted by molar-refractivity contribution is 7.99. The van der Waals surface area contributed by atoms with E-state index in [2.05, 4.69) is 29.4 Å². The average Bonchev–Trinajstić information content (AvgIpc) is 3.29. The Labute approximate surface area is 156 Å². The molecule has 0 fully saturated rings. The van der Waals surface area contributed by atoms with Gasteiger partial charge in [-0.3, -0.25) is 4.79 Å². The fourth-order valence-electron chi connectivity index (χ4n) is 2.53. The zero-order valence-electron chi connectivity index (χ0n) is 14.7. The molecule has 3 rings (SSSR count). The number of benzene rings is 1. The summed E-state index contributed by atoms with van der Waals surface area (Å²) >= 11 is 1.22. The first-order valence-corrected chi connectivity index (χ1v) is 9.34. The Bertz CT molecular complexity index is 876. The molecule has 1 atom stereocenters. The second kappa shape index (κ2) is 8.09. The molecule has 1 amide bonds. The van der Waals surface area contributed by atoms with Gasteiger partial charge >= 0.3 is 0 Å². The summed E-state index contributed by atoms with van der Waals surface area (Å²) in [5, 5.41) is 11.5. The van der Waals surface area contributed by atoms with Gasteiger partial charge in [0.15, 0.2) is 5.76 Å². The molecule has 2 aromatic heterocycles. The van der Waals surface area contributed by atoms with E-state index in [4.69, 9.17) is 10.3 Å². The minimum atomic E-state index is -0.117. The summed E-state index contributed by atoms with van der Waals surface area (Å²) in [5.74, 6) is 7.38. The lowest BCUT2D eigenvalue weighted by Gasteiger charge is -2.15. The van der Waals surface area contributed by atoms with Gasteiger partial charge in [-0.2, -0.15) is 0 Å². The van der Waals surface area contributed by atoms with Gasteiger partial charge in [-0.05, 0) is 36.1 Å². The maximum absolute atomic E-state index is 12.3. The predicted octanol–water partition coefficient (Wildman–Crippen LogP) is 3.50. The Morgan fingerprint density at radius 1 is 1.31 bits per heavy atom. The van der Waals surface area contributed by atoms with E-state index in [0.29, 0.717) is 22.7 Å². The molecule has 0 aliphatic heterocycles. The largest absolute Gasteiger partial charge is 0.461 e. The van der Waals surface area contributed by atoms with Crippen molar-refractivity contribution in [3.8, 4) is 11.6 Å². The Hall–Kier alpha value is -2.74. The van der Waals surface area contributed by atoms with Crippen molar-refractivity contribution in [3.05, 3.63) is 48.2 Å². The second-order valence-corrected chi connectivity index (χ2v) is 6.83. The molecule has 0 aliphatic rings. The maximum Gasteiger partial charge on any atom is 0.234 e. The summed E-state index contributed by atoms with van der Waals surface area (Å²) in [6.45, 7) is 4.27. The number of carbonyl (C=O) groups excluding carboxylic acids is 1. The van der Waals surface area contributed by atoms with Crippen molar-refractivity contribution in [2.24, 2.45) is 0 Å². The van der Waals surface area contributed by atoms with E-state index in [1.54, 1.807) is 18.4 Å². The number of nitrogens with zero attached hydrogens (tertiary/aromatic N) is 3. The van der Waals surface area contributed by atoms with Gasteiger partial charge in [-0.15, -0.1) is 10.2 Å². The molecule has 26 heavy (non-hydrogen) atoms. The maximum atomic E-state index is 12.3. The first-order valence-electron chi connectivity index (χ1n) is 8.36. The van der Waals surface area contributed by atoms with E-state index >= 15 is 0 Å². The third-order valence-electron chi connectivity index (χ3n) is 4.12. The molecule has 3 aromatic rings. The van der Waals surface area contributed by atoms with Crippen LogP contribution in [0.15, 0.2) is 52.2 Å². The van der Waals surface area contributed by atoms with E-state index < -0.39 is 0 Å². The van der Waals surface area contributed by atoms with E-state index in [1.165, 1.54) is 16.4 Å². The van der Waals surface area contributed by atoms with Gasteiger partial charge < -0.3 is 15.6 Å². The summed E-state index contributed by atoms with van der Waals surface area (Å²) in [6, 6.07) is 11.4. The zero-order chi connectivity index (χ0) is 18.5. The minimum absolute atomic E-state index is 0.117. The van der Waals surface area contributed by atoms with Crippen LogP contribution < -0.4 is 11.2 Å². The van der Waals surface area contributed by atoms with Crippen molar-refractivity contribution >= 4 is 23.4 Å². The number of furan rings is 1. The van der Waals surface area contributed by atoms with Crippen LogP contribution in [-0.2, 0) is 4.79 Å². The summed E-state index contributed by atoms with van der Waals surface area (Å²) in [5.41, 5.74) is 1.98. The van der Waals surface area contributed by atoms with Gasteiger partial charge in [0.1, 0.15) is 0 Å². The van der Waals surface area contributed by atoms with Crippen LogP contribution in [0.2, 0.25) is 0 Å². The molecule has 136 valence electrons. The molecule has 3 N–H and O–H groups in total. The van der Waals surface area contributed by atoms with Gasteiger partial charge in [0.25, 0.3) is 0 Å². The number of carbonyl (C=O) groups is 1. The number of nitrogens with two attached hydrogens (primary N) is 1. The molecule has 0 saturated carbocycles. The molecule has 0 bridgehead atoms. The quantitative estimate of drug-likeness (QED) is 0.487. The van der Waals surface area contributed by atoms with Crippen molar-refractivity contribution in [2.45, 2.75) is 31.3 Å². The molecule has 0 unspecified atom stereocenters. The number of nitrogen functional groups attached to an aromatic ring is 1. The Morgan fingerprint density at radius 2 is 2.12 bits per heavy atom. The normalized spacial score (nSPS) is 12.1. The van der Waals surface area contributed by atoms with E-state index in [9.17, 15) is 4.79 Å². The number of anilines is 1. The number of para-hydroxylation sites is 1. The van der Waals surface area contributed by atoms with Gasteiger partial charge in [0.05, 0.1) is 12.0 Å². The van der Waals surface area contributed by atoms with Crippen molar-refractivity contribution in [2.75, 3.05) is 16.9 Å². The number of aromatic nitrogens is 3. The Balaban J connectivity index is 1.64. The van der Waals surface area contributed by atoms with Crippen molar-refractivity contribution < 1.29 is 9.21 Å². The topological polar surface area (TPSA) is 99.0 Å². The number of amides is 1. The van der Waals surface area contributed by atoms with Crippen LogP contribution in [0.25, 0.3) is 11.6 Å². The van der Waals surface area contributed by atoms with Crippen LogP contribution in [0.1, 0.15) is 31.7 Å². The molecule has 0 aliphatic carbocycles. The molecule has 0 radical (unpaired) electrons. The van der Waals surface area contributed by atoms with Crippen molar-refractivity contribution in [1.82, 2.24) is 14.9 Å². The van der Waals surface area contributed by atoms with E-state index in [1.807, 2.05) is 24.3 Å². The van der Waals surface area contributed by atoms with Crippen molar-refractivity contribution in [3.63, 3.8) is 0 Å². The molecule has 2 heterocycles. The number of hydrogen-bond acceptors (Lipinski definition) is 6. The molecule has 8 heteroatoms. The van der Waals surface area contributed by atoms with Crippen LogP contribution in [0.4, 0.5) is 5.69 Å². The van der Waals surface area contributed by atoms with E-state index in [-0.39, 0.29) is 11.7 Å². The van der Waals surface area contributed by atoms with Crippen molar-refractivity contribution in [1.29, 1.82) is 0 Å².